The second kappa shape index (κ2) is 4.09. The largest absolute Gasteiger partial charge is 0.394 e. The van der Waals surface area contributed by atoms with Gasteiger partial charge in [0.25, 0.3) is 0 Å². The van der Waals surface area contributed by atoms with Gasteiger partial charge < -0.3 is 10.8 Å². The van der Waals surface area contributed by atoms with E-state index in [2.05, 4.69) is 0 Å². The Balaban J connectivity index is 0. The van der Waals surface area contributed by atoms with Crippen LogP contribution in [-0.4, -0.2) is 17.3 Å². The van der Waals surface area contributed by atoms with Crippen molar-refractivity contribution < 1.29 is 5.11 Å². The lowest BCUT2D eigenvalue weighted by atomic mass is 9.91. The fraction of sp³-hybridized carbons (Fsp3) is 1.00. The molecular formula is C6H16ClNO. The first kappa shape index (κ1) is 11.9. The van der Waals surface area contributed by atoms with Crippen LogP contribution in [0.4, 0.5) is 0 Å². The van der Waals surface area contributed by atoms with Crippen LogP contribution in [0.2, 0.25) is 0 Å². The average molecular weight is 154 g/mol. The highest BCUT2D eigenvalue weighted by molar-refractivity contribution is 5.85. The molecule has 0 heterocycles. The molecule has 0 aromatic carbocycles. The number of hydrogen-bond donors (Lipinski definition) is 2. The minimum atomic E-state index is -0.403. The summed E-state index contributed by atoms with van der Waals surface area (Å²) < 4.78 is 0. The van der Waals surface area contributed by atoms with Gasteiger partial charge in [-0.1, -0.05) is 13.8 Å². The summed E-state index contributed by atoms with van der Waals surface area (Å²) in [7, 11) is 0. The Morgan fingerprint density at radius 2 is 1.89 bits per heavy atom. The van der Waals surface area contributed by atoms with E-state index in [-0.39, 0.29) is 19.0 Å². The van der Waals surface area contributed by atoms with E-state index in [9.17, 15) is 0 Å². The van der Waals surface area contributed by atoms with Gasteiger partial charge in [-0.2, -0.15) is 0 Å². The molecule has 3 N–H and O–H groups in total. The molecule has 0 fully saturated rings. The normalized spacial score (nSPS) is 16.7. The third-order valence-electron chi connectivity index (χ3n) is 1.66. The minimum absolute atomic E-state index is 0. The topological polar surface area (TPSA) is 46.2 Å². The van der Waals surface area contributed by atoms with Gasteiger partial charge in [0.2, 0.25) is 0 Å². The zero-order valence-corrected chi connectivity index (χ0v) is 7.03. The Hall–Kier alpha value is 0.210. The maximum atomic E-state index is 8.64. The molecule has 9 heavy (non-hydrogen) atoms. The Morgan fingerprint density at radius 1 is 1.56 bits per heavy atom. The molecule has 0 spiro atoms. The van der Waals surface area contributed by atoms with Gasteiger partial charge in [0.15, 0.2) is 0 Å². The number of halogens is 1. The molecule has 2 nitrogen and oxygen atoms in total. The Morgan fingerprint density at radius 3 is 1.89 bits per heavy atom. The zero-order valence-electron chi connectivity index (χ0n) is 6.22. The molecule has 1 unspecified atom stereocenters. The molecule has 0 amide bonds. The fourth-order valence-electron chi connectivity index (χ4n) is 0.183. The molecule has 0 aromatic heterocycles. The van der Waals surface area contributed by atoms with Crippen LogP contribution in [0.15, 0.2) is 0 Å². The molecule has 0 aliphatic rings. The molecule has 0 saturated carbocycles. The number of nitrogens with two attached hydrogens (primary N) is 1. The Bertz CT molecular complexity index is 73.5. The third kappa shape index (κ3) is 3.73. The van der Waals surface area contributed by atoms with E-state index >= 15 is 0 Å². The van der Waals surface area contributed by atoms with Gasteiger partial charge in [-0.3, -0.25) is 0 Å². The van der Waals surface area contributed by atoms with Gasteiger partial charge >= 0.3 is 0 Å². The van der Waals surface area contributed by atoms with Gasteiger partial charge in [0.1, 0.15) is 0 Å². The molecular weight excluding hydrogens is 138 g/mol. The first-order valence-corrected chi connectivity index (χ1v) is 2.90. The molecule has 1 atom stereocenters. The summed E-state index contributed by atoms with van der Waals surface area (Å²) in [6.07, 6.45) is 0. The van der Waals surface area contributed by atoms with Gasteiger partial charge in [0, 0.05) is 5.54 Å². The summed E-state index contributed by atoms with van der Waals surface area (Å²) >= 11 is 0. The standard InChI is InChI=1S/C6H15NO.ClH/c1-5(2)6(3,7)4-8;/h5,8H,4,7H2,1-3H3;1H. The molecule has 0 rings (SSSR count). The van der Waals surface area contributed by atoms with Crippen LogP contribution in [0.5, 0.6) is 0 Å². The maximum Gasteiger partial charge on any atom is 0.0611 e. The Labute approximate surface area is 62.9 Å². The Kier molecular flexibility index (Phi) is 5.43. The van der Waals surface area contributed by atoms with Crippen molar-refractivity contribution in [1.29, 1.82) is 0 Å². The van der Waals surface area contributed by atoms with E-state index in [1.807, 2.05) is 20.8 Å². The van der Waals surface area contributed by atoms with Crippen molar-refractivity contribution in [1.82, 2.24) is 0 Å². The summed E-state index contributed by atoms with van der Waals surface area (Å²) in [4.78, 5) is 0. The molecule has 0 saturated heterocycles. The second-order valence-corrected chi connectivity index (χ2v) is 2.82. The first-order valence-electron chi connectivity index (χ1n) is 2.90. The van der Waals surface area contributed by atoms with Crippen LogP contribution in [0, 0.1) is 5.92 Å². The van der Waals surface area contributed by atoms with Crippen LogP contribution < -0.4 is 5.73 Å². The van der Waals surface area contributed by atoms with Crippen LogP contribution in [-0.2, 0) is 0 Å². The molecule has 0 aliphatic heterocycles. The van der Waals surface area contributed by atoms with E-state index in [4.69, 9.17) is 10.8 Å². The number of hydrogen-bond acceptors (Lipinski definition) is 2. The summed E-state index contributed by atoms with van der Waals surface area (Å²) in [6.45, 7) is 5.90. The predicted molar refractivity (Wildman–Crippen MR) is 41.8 cm³/mol. The van der Waals surface area contributed by atoms with Crippen LogP contribution in [0.3, 0.4) is 0 Å². The number of aliphatic hydroxyl groups is 1. The lowest BCUT2D eigenvalue weighted by molar-refractivity contribution is 0.170. The maximum absolute atomic E-state index is 8.64. The predicted octanol–water partition coefficient (Wildman–Crippen LogP) is 0.774. The van der Waals surface area contributed by atoms with Crippen molar-refractivity contribution in [2.75, 3.05) is 6.61 Å². The van der Waals surface area contributed by atoms with Crippen molar-refractivity contribution in [3.05, 3.63) is 0 Å². The number of aliphatic hydroxyl groups excluding tert-OH is 1. The second-order valence-electron chi connectivity index (χ2n) is 2.82. The van der Waals surface area contributed by atoms with E-state index in [0.29, 0.717) is 5.92 Å². The molecule has 0 aliphatic carbocycles. The van der Waals surface area contributed by atoms with Crippen molar-refractivity contribution in [2.45, 2.75) is 26.3 Å². The highest BCUT2D eigenvalue weighted by atomic mass is 35.5. The van der Waals surface area contributed by atoms with Crippen molar-refractivity contribution in [3.63, 3.8) is 0 Å². The average Bonchev–Trinajstić information content (AvgIpc) is 1.67. The van der Waals surface area contributed by atoms with Gasteiger partial charge in [0.05, 0.1) is 6.61 Å². The highest BCUT2D eigenvalue weighted by Crippen LogP contribution is 2.10. The summed E-state index contributed by atoms with van der Waals surface area (Å²) in [6, 6.07) is 0. The van der Waals surface area contributed by atoms with Crippen molar-refractivity contribution >= 4 is 12.4 Å². The molecule has 58 valence electrons. The van der Waals surface area contributed by atoms with E-state index in [1.165, 1.54) is 0 Å². The molecule has 0 radical (unpaired) electrons. The SMILES string of the molecule is CC(C)C(C)(N)CO.Cl. The number of rotatable bonds is 2. The van der Waals surface area contributed by atoms with Gasteiger partial charge in [-0.05, 0) is 12.8 Å². The van der Waals surface area contributed by atoms with Gasteiger partial charge in [-0.15, -0.1) is 12.4 Å². The summed E-state index contributed by atoms with van der Waals surface area (Å²) in [5, 5.41) is 8.64. The summed E-state index contributed by atoms with van der Waals surface area (Å²) in [5.74, 6) is 0.340. The van der Waals surface area contributed by atoms with Gasteiger partial charge in [-0.25, -0.2) is 0 Å². The third-order valence-corrected chi connectivity index (χ3v) is 1.66. The zero-order chi connectivity index (χ0) is 6.78. The van der Waals surface area contributed by atoms with Crippen molar-refractivity contribution in [2.24, 2.45) is 11.7 Å². The lowest BCUT2D eigenvalue weighted by Gasteiger charge is -2.25. The van der Waals surface area contributed by atoms with Crippen LogP contribution in [0.25, 0.3) is 0 Å². The van der Waals surface area contributed by atoms with E-state index in [0.717, 1.165) is 0 Å². The fourth-order valence-corrected chi connectivity index (χ4v) is 0.183. The molecule has 0 aromatic rings. The van der Waals surface area contributed by atoms with E-state index in [1.54, 1.807) is 0 Å². The highest BCUT2D eigenvalue weighted by Gasteiger charge is 2.20. The smallest absolute Gasteiger partial charge is 0.0611 e. The minimum Gasteiger partial charge on any atom is -0.394 e. The van der Waals surface area contributed by atoms with Crippen molar-refractivity contribution in [3.8, 4) is 0 Å². The summed E-state index contributed by atoms with van der Waals surface area (Å²) in [5.41, 5.74) is 5.21. The molecule has 0 bridgehead atoms. The first-order chi connectivity index (χ1) is 3.50. The monoisotopic (exact) mass is 153 g/mol. The van der Waals surface area contributed by atoms with Crippen LogP contribution in [0.1, 0.15) is 20.8 Å². The van der Waals surface area contributed by atoms with E-state index < -0.39 is 5.54 Å². The molecule has 3 heteroatoms. The van der Waals surface area contributed by atoms with Crippen LogP contribution >= 0.6 is 12.4 Å². The quantitative estimate of drug-likeness (QED) is 0.616. The lowest BCUT2D eigenvalue weighted by Crippen LogP contribution is -2.45.